The van der Waals surface area contributed by atoms with Crippen molar-refractivity contribution in [2.24, 2.45) is 5.73 Å². The van der Waals surface area contributed by atoms with Gasteiger partial charge in [0.05, 0.1) is 12.3 Å². The maximum absolute atomic E-state index is 10.7. The summed E-state index contributed by atoms with van der Waals surface area (Å²) in [7, 11) is 0. The lowest BCUT2D eigenvalue weighted by Crippen LogP contribution is -2.17. The summed E-state index contributed by atoms with van der Waals surface area (Å²) in [5, 5.41) is 9.29. The topological polar surface area (TPSA) is 120 Å². The molecule has 2 aromatic rings. The molecule has 2 rings (SSSR count). The molecule has 0 atom stereocenters. The second-order valence-corrected chi connectivity index (χ2v) is 5.19. The van der Waals surface area contributed by atoms with Gasteiger partial charge < -0.3 is 20.1 Å². The highest BCUT2D eigenvalue weighted by Gasteiger charge is 2.14. The van der Waals surface area contributed by atoms with Gasteiger partial charge in [0.15, 0.2) is 10.8 Å². The van der Waals surface area contributed by atoms with E-state index >= 15 is 0 Å². The van der Waals surface area contributed by atoms with Gasteiger partial charge in [-0.15, -0.1) is 0 Å². The van der Waals surface area contributed by atoms with Gasteiger partial charge in [-0.1, -0.05) is 11.8 Å². The zero-order chi connectivity index (χ0) is 15.4. The Morgan fingerprint density at radius 2 is 2.29 bits per heavy atom. The number of nitrogens with zero attached hydrogens (tertiary/aromatic N) is 3. The molecule has 3 N–H and O–H groups in total. The average Bonchev–Trinajstić information content (AvgIpc) is 2.73. The second kappa shape index (κ2) is 6.44. The van der Waals surface area contributed by atoms with Crippen LogP contribution < -0.4 is 5.73 Å². The summed E-state index contributed by atoms with van der Waals surface area (Å²) < 4.78 is 6.42. The fourth-order valence-electron chi connectivity index (χ4n) is 1.77. The van der Waals surface area contributed by atoms with Crippen LogP contribution in [-0.4, -0.2) is 44.1 Å². The summed E-state index contributed by atoms with van der Waals surface area (Å²) in [5.74, 6) is -1.05. The first-order valence-electron chi connectivity index (χ1n) is 6.07. The molecule has 0 aliphatic carbocycles. The number of nitrogens with two attached hydrogens (primary N) is 1. The smallest absolute Gasteiger partial charge is 0.404 e. The first-order chi connectivity index (χ1) is 9.97. The molecule has 1 amide bonds. The van der Waals surface area contributed by atoms with Crippen LogP contribution in [-0.2, 0) is 16.1 Å². The van der Waals surface area contributed by atoms with E-state index in [4.69, 9.17) is 15.6 Å². The maximum atomic E-state index is 10.7. The van der Waals surface area contributed by atoms with Gasteiger partial charge in [-0.05, 0) is 18.6 Å². The number of aliphatic carboxylic acids is 1. The van der Waals surface area contributed by atoms with E-state index in [1.807, 2.05) is 13.0 Å². The van der Waals surface area contributed by atoms with Gasteiger partial charge in [-0.2, -0.15) is 0 Å². The lowest BCUT2D eigenvalue weighted by molar-refractivity contribution is -0.133. The number of carbonyl (C=O) groups excluding carboxylic acids is 1. The van der Waals surface area contributed by atoms with Gasteiger partial charge in [-0.3, -0.25) is 4.79 Å². The SMILES string of the molecule is Cc1cnc2c(c1)nc(SCC(=O)O)n2CCOC(N)=O. The number of ether oxygens (including phenoxy) is 1. The Hall–Kier alpha value is -2.29. The number of rotatable bonds is 6. The molecule has 0 radical (unpaired) electrons. The van der Waals surface area contributed by atoms with E-state index in [2.05, 4.69) is 9.97 Å². The Kier molecular flexibility index (Phi) is 4.63. The van der Waals surface area contributed by atoms with Crippen LogP contribution in [0.15, 0.2) is 17.4 Å². The van der Waals surface area contributed by atoms with Crippen molar-refractivity contribution in [2.75, 3.05) is 12.4 Å². The Bertz CT molecular complexity index is 685. The third kappa shape index (κ3) is 3.85. The molecular weight excluding hydrogens is 296 g/mol. The molecule has 0 fully saturated rings. The molecular formula is C12H14N4O4S. The van der Waals surface area contributed by atoms with Crippen molar-refractivity contribution in [2.45, 2.75) is 18.6 Å². The van der Waals surface area contributed by atoms with Gasteiger partial charge in [0.2, 0.25) is 0 Å². The normalized spacial score (nSPS) is 10.7. The summed E-state index contributed by atoms with van der Waals surface area (Å²) in [6.07, 6.45) is 0.837. The van der Waals surface area contributed by atoms with Gasteiger partial charge in [-0.25, -0.2) is 14.8 Å². The number of primary amides is 1. The molecule has 0 unspecified atom stereocenters. The van der Waals surface area contributed by atoms with Crippen molar-refractivity contribution in [3.63, 3.8) is 0 Å². The number of carbonyl (C=O) groups is 2. The number of carboxylic acids is 1. The van der Waals surface area contributed by atoms with Crippen molar-refractivity contribution in [3.8, 4) is 0 Å². The monoisotopic (exact) mass is 310 g/mol. The summed E-state index contributed by atoms with van der Waals surface area (Å²) >= 11 is 1.09. The molecule has 0 saturated carbocycles. The third-order valence-electron chi connectivity index (χ3n) is 2.57. The predicted octanol–water partition coefficient (Wildman–Crippen LogP) is 1.01. The molecule has 2 aromatic heterocycles. The van der Waals surface area contributed by atoms with Crippen LogP contribution in [0.3, 0.4) is 0 Å². The maximum Gasteiger partial charge on any atom is 0.404 e. The van der Waals surface area contributed by atoms with E-state index in [1.54, 1.807) is 10.8 Å². The van der Waals surface area contributed by atoms with Crippen molar-refractivity contribution >= 4 is 35.0 Å². The number of thioether (sulfide) groups is 1. The van der Waals surface area contributed by atoms with Gasteiger partial charge >= 0.3 is 12.1 Å². The van der Waals surface area contributed by atoms with Crippen LogP contribution in [0, 0.1) is 6.92 Å². The Balaban J connectivity index is 2.29. The Labute approximate surface area is 124 Å². The number of amides is 1. The summed E-state index contributed by atoms with van der Waals surface area (Å²) in [6, 6.07) is 1.86. The van der Waals surface area contributed by atoms with Gasteiger partial charge in [0.1, 0.15) is 12.1 Å². The fraction of sp³-hybridized carbons (Fsp3) is 0.333. The molecule has 0 bridgehead atoms. The number of aromatic nitrogens is 3. The number of aryl methyl sites for hydroxylation is 1. The molecule has 112 valence electrons. The zero-order valence-corrected chi connectivity index (χ0v) is 12.1. The summed E-state index contributed by atoms with van der Waals surface area (Å²) in [5.41, 5.74) is 7.15. The second-order valence-electron chi connectivity index (χ2n) is 4.25. The van der Waals surface area contributed by atoms with E-state index in [9.17, 15) is 9.59 Å². The molecule has 0 saturated heterocycles. The average molecular weight is 310 g/mol. The molecule has 21 heavy (non-hydrogen) atoms. The number of imidazole rings is 1. The minimum absolute atomic E-state index is 0.0664. The van der Waals surface area contributed by atoms with E-state index in [0.29, 0.717) is 22.9 Å². The molecule has 0 aromatic carbocycles. The van der Waals surface area contributed by atoms with E-state index in [1.165, 1.54) is 0 Å². The van der Waals surface area contributed by atoms with Crippen LogP contribution in [0.25, 0.3) is 11.2 Å². The van der Waals surface area contributed by atoms with Crippen LogP contribution in [0.4, 0.5) is 4.79 Å². The first kappa shape index (κ1) is 15.1. The molecule has 8 nitrogen and oxygen atoms in total. The Morgan fingerprint density at radius 3 is 2.95 bits per heavy atom. The lowest BCUT2D eigenvalue weighted by atomic mass is 10.3. The minimum Gasteiger partial charge on any atom is -0.481 e. The molecule has 2 heterocycles. The van der Waals surface area contributed by atoms with Crippen molar-refractivity contribution in [1.29, 1.82) is 0 Å². The highest BCUT2D eigenvalue weighted by atomic mass is 32.2. The Morgan fingerprint density at radius 1 is 1.52 bits per heavy atom. The zero-order valence-electron chi connectivity index (χ0n) is 11.3. The van der Waals surface area contributed by atoms with E-state index in [-0.39, 0.29) is 12.4 Å². The van der Waals surface area contributed by atoms with Crippen LogP contribution in [0.2, 0.25) is 0 Å². The summed E-state index contributed by atoms with van der Waals surface area (Å²) in [4.78, 5) is 30.0. The van der Waals surface area contributed by atoms with Crippen molar-refractivity contribution in [1.82, 2.24) is 14.5 Å². The van der Waals surface area contributed by atoms with Crippen LogP contribution >= 0.6 is 11.8 Å². The van der Waals surface area contributed by atoms with E-state index in [0.717, 1.165) is 17.3 Å². The third-order valence-corrected chi connectivity index (χ3v) is 3.53. The fourth-order valence-corrected chi connectivity index (χ4v) is 2.52. The van der Waals surface area contributed by atoms with Crippen molar-refractivity contribution in [3.05, 3.63) is 17.8 Å². The van der Waals surface area contributed by atoms with Crippen LogP contribution in [0.1, 0.15) is 5.56 Å². The quantitative estimate of drug-likeness (QED) is 0.764. The number of pyridine rings is 1. The number of hydrogen-bond acceptors (Lipinski definition) is 6. The minimum atomic E-state index is -0.934. The number of hydrogen-bond donors (Lipinski definition) is 2. The molecule has 9 heteroatoms. The summed E-state index contributed by atoms with van der Waals surface area (Å²) in [6.45, 7) is 2.26. The highest BCUT2D eigenvalue weighted by molar-refractivity contribution is 7.99. The van der Waals surface area contributed by atoms with Crippen LogP contribution in [0.5, 0.6) is 0 Å². The first-order valence-corrected chi connectivity index (χ1v) is 7.05. The molecule has 0 aliphatic heterocycles. The van der Waals surface area contributed by atoms with Gasteiger partial charge in [0.25, 0.3) is 0 Å². The highest BCUT2D eigenvalue weighted by Crippen LogP contribution is 2.23. The van der Waals surface area contributed by atoms with E-state index < -0.39 is 12.1 Å². The predicted molar refractivity (Wildman–Crippen MR) is 76.2 cm³/mol. The number of fused-ring (bicyclic) bond motifs is 1. The van der Waals surface area contributed by atoms with Gasteiger partial charge in [0, 0.05) is 6.20 Å². The number of carboxylic acid groups (broad SMARTS) is 1. The lowest BCUT2D eigenvalue weighted by Gasteiger charge is -2.07. The largest absolute Gasteiger partial charge is 0.481 e. The molecule has 0 spiro atoms. The standard InChI is InChI=1S/C12H14N4O4S/c1-7-4-8-10(14-5-7)16(2-3-20-11(13)19)12(15-8)21-6-9(17)18/h4-5H,2-3,6H2,1H3,(H2,13,19)(H,17,18). The molecule has 0 aliphatic rings. The van der Waals surface area contributed by atoms with Crippen molar-refractivity contribution < 1.29 is 19.4 Å².